The first-order valence-corrected chi connectivity index (χ1v) is 6.69. The van der Waals surface area contributed by atoms with E-state index in [0.29, 0.717) is 17.8 Å². The SMILES string of the molecule is CO[C@H]1C[C@H]2CC3(CC[C@H]2[C@@H]1CO)OCCO3. The number of ether oxygens (including phenoxy) is 3. The van der Waals surface area contributed by atoms with Crippen LogP contribution in [-0.4, -0.2) is 43.9 Å². The average molecular weight is 242 g/mol. The number of methoxy groups -OCH3 is 1. The van der Waals surface area contributed by atoms with Gasteiger partial charge in [0.25, 0.3) is 0 Å². The first kappa shape index (κ1) is 11.9. The van der Waals surface area contributed by atoms with E-state index < -0.39 is 0 Å². The van der Waals surface area contributed by atoms with Crippen LogP contribution >= 0.6 is 0 Å². The largest absolute Gasteiger partial charge is 0.396 e. The molecule has 98 valence electrons. The molecule has 3 fully saturated rings. The van der Waals surface area contributed by atoms with Crippen molar-refractivity contribution in [3.63, 3.8) is 0 Å². The summed E-state index contributed by atoms with van der Waals surface area (Å²) in [4.78, 5) is 0. The predicted molar refractivity (Wildman–Crippen MR) is 61.5 cm³/mol. The van der Waals surface area contributed by atoms with Gasteiger partial charge in [0, 0.05) is 32.5 Å². The van der Waals surface area contributed by atoms with Crippen molar-refractivity contribution in [2.45, 2.75) is 37.6 Å². The zero-order chi connectivity index (χ0) is 11.9. The van der Waals surface area contributed by atoms with Gasteiger partial charge in [0.2, 0.25) is 0 Å². The zero-order valence-electron chi connectivity index (χ0n) is 10.4. The molecule has 1 saturated heterocycles. The molecule has 1 spiro atoms. The van der Waals surface area contributed by atoms with E-state index in [9.17, 15) is 5.11 Å². The van der Waals surface area contributed by atoms with Crippen LogP contribution < -0.4 is 0 Å². The van der Waals surface area contributed by atoms with Gasteiger partial charge in [-0.2, -0.15) is 0 Å². The molecule has 2 aliphatic carbocycles. The zero-order valence-corrected chi connectivity index (χ0v) is 10.4. The van der Waals surface area contributed by atoms with E-state index in [1.807, 2.05) is 0 Å². The van der Waals surface area contributed by atoms with Crippen molar-refractivity contribution in [2.24, 2.45) is 17.8 Å². The molecule has 0 unspecified atom stereocenters. The van der Waals surface area contributed by atoms with E-state index in [4.69, 9.17) is 14.2 Å². The van der Waals surface area contributed by atoms with Gasteiger partial charge in [0.05, 0.1) is 19.3 Å². The van der Waals surface area contributed by atoms with Crippen LogP contribution in [0.3, 0.4) is 0 Å². The van der Waals surface area contributed by atoms with Gasteiger partial charge in [0.1, 0.15) is 0 Å². The molecule has 0 bridgehead atoms. The molecule has 1 N–H and O–H groups in total. The summed E-state index contributed by atoms with van der Waals surface area (Å²) < 4.78 is 17.1. The van der Waals surface area contributed by atoms with Crippen molar-refractivity contribution in [3.05, 3.63) is 0 Å². The number of aliphatic hydroxyl groups excluding tert-OH is 1. The van der Waals surface area contributed by atoms with Gasteiger partial charge >= 0.3 is 0 Å². The van der Waals surface area contributed by atoms with Crippen LogP contribution in [0.2, 0.25) is 0 Å². The third kappa shape index (κ3) is 1.91. The van der Waals surface area contributed by atoms with Crippen LogP contribution in [0.5, 0.6) is 0 Å². The molecule has 1 heterocycles. The Morgan fingerprint density at radius 3 is 2.76 bits per heavy atom. The van der Waals surface area contributed by atoms with Gasteiger partial charge in [-0.3, -0.25) is 0 Å². The van der Waals surface area contributed by atoms with E-state index in [-0.39, 0.29) is 18.5 Å². The highest BCUT2D eigenvalue weighted by molar-refractivity contribution is 4.98. The molecule has 1 aliphatic heterocycles. The lowest BCUT2D eigenvalue weighted by molar-refractivity contribution is -0.194. The average Bonchev–Trinajstić information content (AvgIpc) is 2.93. The fourth-order valence-electron chi connectivity index (χ4n) is 4.13. The van der Waals surface area contributed by atoms with Gasteiger partial charge in [-0.1, -0.05) is 0 Å². The molecule has 0 amide bonds. The van der Waals surface area contributed by atoms with E-state index >= 15 is 0 Å². The summed E-state index contributed by atoms with van der Waals surface area (Å²) in [6.07, 6.45) is 4.30. The van der Waals surface area contributed by atoms with Crippen LogP contribution in [0.25, 0.3) is 0 Å². The summed E-state index contributed by atoms with van der Waals surface area (Å²) in [5, 5.41) is 9.52. The summed E-state index contributed by atoms with van der Waals surface area (Å²) in [5.41, 5.74) is 0. The van der Waals surface area contributed by atoms with Gasteiger partial charge in [-0.15, -0.1) is 0 Å². The maximum absolute atomic E-state index is 9.52. The maximum Gasteiger partial charge on any atom is 0.168 e. The number of hydrogen-bond donors (Lipinski definition) is 1. The molecule has 4 atom stereocenters. The highest BCUT2D eigenvalue weighted by Crippen LogP contribution is 2.51. The van der Waals surface area contributed by atoms with Crippen molar-refractivity contribution >= 4 is 0 Å². The molecule has 4 nitrogen and oxygen atoms in total. The second kappa shape index (κ2) is 4.50. The number of rotatable bonds is 2. The van der Waals surface area contributed by atoms with Crippen LogP contribution in [0.15, 0.2) is 0 Å². The molecular weight excluding hydrogens is 220 g/mol. The molecule has 3 aliphatic rings. The highest BCUT2D eigenvalue weighted by atomic mass is 16.7. The molecular formula is C13H22O4. The third-order valence-electron chi connectivity index (χ3n) is 4.93. The van der Waals surface area contributed by atoms with Crippen LogP contribution in [0.4, 0.5) is 0 Å². The maximum atomic E-state index is 9.52. The summed E-state index contributed by atoms with van der Waals surface area (Å²) >= 11 is 0. The van der Waals surface area contributed by atoms with Gasteiger partial charge in [-0.05, 0) is 24.7 Å². The molecule has 17 heavy (non-hydrogen) atoms. The van der Waals surface area contributed by atoms with E-state index in [1.54, 1.807) is 7.11 Å². The Bertz CT molecular complexity index is 275. The summed E-state index contributed by atoms with van der Waals surface area (Å²) in [6.45, 7) is 1.71. The molecule has 0 aromatic carbocycles. The van der Waals surface area contributed by atoms with Crippen molar-refractivity contribution in [2.75, 3.05) is 26.9 Å². The quantitative estimate of drug-likeness (QED) is 0.789. The fraction of sp³-hybridized carbons (Fsp3) is 1.00. The Morgan fingerprint density at radius 2 is 2.12 bits per heavy atom. The van der Waals surface area contributed by atoms with Crippen molar-refractivity contribution in [3.8, 4) is 0 Å². The smallest absolute Gasteiger partial charge is 0.168 e. The Kier molecular flexibility index (Phi) is 3.15. The summed E-state index contributed by atoms with van der Waals surface area (Å²) in [5.74, 6) is 1.18. The molecule has 4 heteroatoms. The van der Waals surface area contributed by atoms with E-state index in [0.717, 1.165) is 38.9 Å². The lowest BCUT2D eigenvalue weighted by Gasteiger charge is -2.39. The Morgan fingerprint density at radius 1 is 1.35 bits per heavy atom. The predicted octanol–water partition coefficient (Wildman–Crippen LogP) is 1.17. The number of hydrogen-bond acceptors (Lipinski definition) is 4. The normalized spacial score (nSPS) is 44.1. The van der Waals surface area contributed by atoms with Gasteiger partial charge in [0.15, 0.2) is 5.79 Å². The van der Waals surface area contributed by atoms with Crippen molar-refractivity contribution < 1.29 is 19.3 Å². The van der Waals surface area contributed by atoms with Gasteiger partial charge in [-0.25, -0.2) is 0 Å². The highest BCUT2D eigenvalue weighted by Gasteiger charge is 2.52. The Hall–Kier alpha value is -0.160. The lowest BCUT2D eigenvalue weighted by atomic mass is 9.75. The van der Waals surface area contributed by atoms with Crippen LogP contribution in [0.1, 0.15) is 25.7 Å². The first-order chi connectivity index (χ1) is 8.28. The van der Waals surface area contributed by atoms with Gasteiger partial charge < -0.3 is 19.3 Å². The van der Waals surface area contributed by atoms with E-state index in [1.165, 1.54) is 0 Å². The molecule has 3 rings (SSSR count). The molecule has 2 saturated carbocycles. The molecule has 0 radical (unpaired) electrons. The van der Waals surface area contributed by atoms with Crippen LogP contribution in [0, 0.1) is 17.8 Å². The fourth-order valence-corrected chi connectivity index (χ4v) is 4.13. The van der Waals surface area contributed by atoms with Crippen LogP contribution in [-0.2, 0) is 14.2 Å². The monoisotopic (exact) mass is 242 g/mol. The lowest BCUT2D eigenvalue weighted by Crippen LogP contribution is -2.40. The van der Waals surface area contributed by atoms with E-state index in [2.05, 4.69) is 0 Å². The topological polar surface area (TPSA) is 47.9 Å². The molecule has 0 aromatic heterocycles. The molecule has 0 aromatic rings. The summed E-state index contributed by atoms with van der Waals surface area (Å²) in [7, 11) is 1.75. The Balaban J connectivity index is 1.72. The standard InChI is InChI=1S/C13H22O4/c1-15-12-6-9-7-13(16-4-5-17-13)3-2-10(9)11(12)8-14/h9-12,14H,2-8H2,1H3/t9-,10+,11-,12-/m0/s1. The number of fused-ring (bicyclic) bond motifs is 1. The van der Waals surface area contributed by atoms with Crippen molar-refractivity contribution in [1.82, 2.24) is 0 Å². The second-order valence-corrected chi connectivity index (χ2v) is 5.63. The first-order valence-electron chi connectivity index (χ1n) is 6.69. The minimum atomic E-state index is -0.302. The number of aliphatic hydroxyl groups is 1. The summed E-state index contributed by atoms with van der Waals surface area (Å²) in [6, 6.07) is 0. The minimum Gasteiger partial charge on any atom is -0.396 e. The second-order valence-electron chi connectivity index (χ2n) is 5.63. The minimum absolute atomic E-state index is 0.214. The third-order valence-corrected chi connectivity index (χ3v) is 4.93. The Labute approximate surface area is 102 Å². The van der Waals surface area contributed by atoms with Crippen molar-refractivity contribution in [1.29, 1.82) is 0 Å².